The molecule has 2 aromatic carbocycles. The second-order valence-corrected chi connectivity index (χ2v) is 5.99. The van der Waals surface area contributed by atoms with Gasteiger partial charge < -0.3 is 5.32 Å². The molecule has 4 heteroatoms. The fourth-order valence-electron chi connectivity index (χ4n) is 2.94. The Hall–Kier alpha value is -1.84. The van der Waals surface area contributed by atoms with Crippen LogP contribution in [0.15, 0.2) is 54.6 Å². The van der Waals surface area contributed by atoms with E-state index >= 15 is 0 Å². The average molecular weight is 315 g/mol. The Morgan fingerprint density at radius 3 is 2.45 bits per heavy atom. The molecule has 0 aromatic heterocycles. The number of benzene rings is 2. The van der Waals surface area contributed by atoms with E-state index in [9.17, 15) is 4.79 Å². The van der Waals surface area contributed by atoms with Gasteiger partial charge in [0, 0.05) is 10.7 Å². The van der Waals surface area contributed by atoms with Crippen LogP contribution in [-0.2, 0) is 4.79 Å². The third-order valence-corrected chi connectivity index (χ3v) is 4.20. The molecule has 1 atom stereocenters. The molecule has 1 aliphatic rings. The molecule has 3 nitrogen and oxygen atoms in total. The van der Waals surface area contributed by atoms with Crippen molar-refractivity contribution in [1.82, 2.24) is 4.90 Å². The van der Waals surface area contributed by atoms with Gasteiger partial charge in [-0.1, -0.05) is 48.0 Å². The van der Waals surface area contributed by atoms with Gasteiger partial charge in [-0.15, -0.1) is 0 Å². The lowest BCUT2D eigenvalue weighted by molar-refractivity contribution is -0.121. The standard InChI is InChI=1S/C18H19ClN2O/c19-15-9-6-10-16(13-15)20-18(22)17(21-11-4-5-12-21)14-7-2-1-3-8-14/h1-3,6-10,13,17H,4-5,11-12H2,(H,20,22). The van der Waals surface area contributed by atoms with E-state index in [1.165, 1.54) is 0 Å². The van der Waals surface area contributed by atoms with Crippen molar-refractivity contribution in [2.75, 3.05) is 18.4 Å². The van der Waals surface area contributed by atoms with Crippen molar-refractivity contribution in [1.29, 1.82) is 0 Å². The van der Waals surface area contributed by atoms with Crippen LogP contribution in [0, 0.1) is 0 Å². The number of carbonyl (C=O) groups is 1. The summed E-state index contributed by atoms with van der Waals surface area (Å²) in [6.07, 6.45) is 2.29. The summed E-state index contributed by atoms with van der Waals surface area (Å²) in [6, 6.07) is 17.0. The first-order chi connectivity index (χ1) is 10.7. The number of halogens is 1. The molecule has 0 radical (unpaired) electrons. The highest BCUT2D eigenvalue weighted by atomic mass is 35.5. The molecule has 1 saturated heterocycles. The minimum absolute atomic E-state index is 0.00429. The molecule has 0 aliphatic carbocycles. The molecule has 1 unspecified atom stereocenters. The monoisotopic (exact) mass is 314 g/mol. The molecule has 1 aliphatic heterocycles. The summed E-state index contributed by atoms with van der Waals surface area (Å²) < 4.78 is 0. The van der Waals surface area contributed by atoms with Crippen molar-refractivity contribution < 1.29 is 4.79 Å². The van der Waals surface area contributed by atoms with E-state index in [1.807, 2.05) is 42.5 Å². The van der Waals surface area contributed by atoms with Gasteiger partial charge in [0.1, 0.15) is 6.04 Å². The number of hydrogen-bond acceptors (Lipinski definition) is 2. The average Bonchev–Trinajstić information content (AvgIpc) is 3.02. The molecule has 0 bridgehead atoms. The molecule has 0 saturated carbocycles. The number of nitrogens with one attached hydrogen (secondary N) is 1. The summed E-state index contributed by atoms with van der Waals surface area (Å²) in [5.41, 5.74) is 1.77. The van der Waals surface area contributed by atoms with E-state index in [1.54, 1.807) is 12.1 Å². The molecule has 22 heavy (non-hydrogen) atoms. The van der Waals surface area contributed by atoms with Gasteiger partial charge in [0.25, 0.3) is 0 Å². The van der Waals surface area contributed by atoms with Crippen LogP contribution in [-0.4, -0.2) is 23.9 Å². The number of rotatable bonds is 4. The fourth-order valence-corrected chi connectivity index (χ4v) is 3.13. The molecule has 1 amide bonds. The van der Waals surface area contributed by atoms with Crippen molar-refractivity contribution in [2.45, 2.75) is 18.9 Å². The number of carbonyl (C=O) groups excluding carboxylic acids is 1. The van der Waals surface area contributed by atoms with E-state index in [0.29, 0.717) is 5.02 Å². The Bertz CT molecular complexity index is 639. The summed E-state index contributed by atoms with van der Waals surface area (Å²) in [5.74, 6) is -0.00429. The first-order valence-corrected chi connectivity index (χ1v) is 7.97. The molecular formula is C18H19ClN2O. The predicted octanol–water partition coefficient (Wildman–Crippen LogP) is 4.12. The number of nitrogens with zero attached hydrogens (tertiary/aromatic N) is 1. The van der Waals surface area contributed by atoms with E-state index in [4.69, 9.17) is 11.6 Å². The van der Waals surface area contributed by atoms with E-state index in [0.717, 1.165) is 37.2 Å². The zero-order valence-electron chi connectivity index (χ0n) is 12.3. The van der Waals surface area contributed by atoms with Gasteiger partial charge in [0.05, 0.1) is 0 Å². The minimum Gasteiger partial charge on any atom is -0.324 e. The van der Waals surface area contributed by atoms with Crippen molar-refractivity contribution in [3.05, 3.63) is 65.2 Å². The lowest BCUT2D eigenvalue weighted by atomic mass is 10.0. The molecule has 1 fully saturated rings. The summed E-state index contributed by atoms with van der Waals surface area (Å²) >= 11 is 5.99. The van der Waals surface area contributed by atoms with Gasteiger partial charge in [0.2, 0.25) is 5.91 Å². The summed E-state index contributed by atoms with van der Waals surface area (Å²) in [7, 11) is 0. The maximum absolute atomic E-state index is 12.8. The Kier molecular flexibility index (Phi) is 4.76. The molecule has 1 heterocycles. The van der Waals surface area contributed by atoms with Crippen molar-refractivity contribution >= 4 is 23.2 Å². The predicted molar refractivity (Wildman–Crippen MR) is 90.1 cm³/mol. The van der Waals surface area contributed by atoms with Gasteiger partial charge in [-0.3, -0.25) is 9.69 Å². The fraction of sp³-hybridized carbons (Fsp3) is 0.278. The van der Waals surface area contributed by atoms with E-state index < -0.39 is 0 Å². The minimum atomic E-state index is -0.248. The Morgan fingerprint density at radius 2 is 1.77 bits per heavy atom. The lowest BCUT2D eigenvalue weighted by Crippen LogP contribution is -2.35. The normalized spacial score (nSPS) is 16.4. The van der Waals surface area contributed by atoms with Crippen LogP contribution in [0.1, 0.15) is 24.4 Å². The van der Waals surface area contributed by atoms with Crippen LogP contribution >= 0.6 is 11.6 Å². The third-order valence-electron chi connectivity index (χ3n) is 3.96. The second-order valence-electron chi connectivity index (χ2n) is 5.56. The van der Waals surface area contributed by atoms with Crippen LogP contribution in [0.2, 0.25) is 5.02 Å². The molecule has 2 aromatic rings. The molecule has 1 N–H and O–H groups in total. The van der Waals surface area contributed by atoms with Crippen LogP contribution in [0.5, 0.6) is 0 Å². The Labute approximate surface area is 135 Å². The number of hydrogen-bond donors (Lipinski definition) is 1. The van der Waals surface area contributed by atoms with Gasteiger partial charge in [-0.05, 0) is 49.7 Å². The number of likely N-dealkylation sites (tertiary alicyclic amines) is 1. The zero-order valence-corrected chi connectivity index (χ0v) is 13.1. The van der Waals surface area contributed by atoms with Crippen LogP contribution in [0.4, 0.5) is 5.69 Å². The highest BCUT2D eigenvalue weighted by Gasteiger charge is 2.29. The van der Waals surface area contributed by atoms with E-state index in [-0.39, 0.29) is 11.9 Å². The first-order valence-electron chi connectivity index (χ1n) is 7.59. The Morgan fingerprint density at radius 1 is 1.05 bits per heavy atom. The van der Waals surface area contributed by atoms with Gasteiger partial charge in [-0.2, -0.15) is 0 Å². The van der Waals surface area contributed by atoms with Crippen molar-refractivity contribution in [2.24, 2.45) is 0 Å². The summed E-state index contributed by atoms with van der Waals surface area (Å²) in [6.45, 7) is 1.92. The SMILES string of the molecule is O=C(Nc1cccc(Cl)c1)C(c1ccccc1)N1CCCC1. The highest BCUT2D eigenvalue weighted by molar-refractivity contribution is 6.30. The largest absolute Gasteiger partial charge is 0.324 e. The van der Waals surface area contributed by atoms with Gasteiger partial charge >= 0.3 is 0 Å². The molecule has 114 valence electrons. The smallest absolute Gasteiger partial charge is 0.246 e. The highest BCUT2D eigenvalue weighted by Crippen LogP contribution is 2.27. The number of amides is 1. The zero-order chi connectivity index (χ0) is 15.4. The van der Waals surface area contributed by atoms with Crippen LogP contribution < -0.4 is 5.32 Å². The lowest BCUT2D eigenvalue weighted by Gasteiger charge is -2.27. The molecular weight excluding hydrogens is 296 g/mol. The van der Waals surface area contributed by atoms with Crippen LogP contribution in [0.3, 0.4) is 0 Å². The van der Waals surface area contributed by atoms with Gasteiger partial charge in [0.15, 0.2) is 0 Å². The third kappa shape index (κ3) is 3.49. The quantitative estimate of drug-likeness (QED) is 0.921. The van der Waals surface area contributed by atoms with Crippen molar-refractivity contribution in [3.8, 4) is 0 Å². The molecule has 3 rings (SSSR count). The first kappa shape index (κ1) is 15.1. The second kappa shape index (κ2) is 6.95. The van der Waals surface area contributed by atoms with Crippen LogP contribution in [0.25, 0.3) is 0 Å². The van der Waals surface area contributed by atoms with E-state index in [2.05, 4.69) is 10.2 Å². The topological polar surface area (TPSA) is 32.3 Å². The summed E-state index contributed by atoms with van der Waals surface area (Å²) in [5, 5.41) is 3.61. The molecule has 0 spiro atoms. The number of anilines is 1. The summed E-state index contributed by atoms with van der Waals surface area (Å²) in [4.78, 5) is 15.1. The Balaban J connectivity index is 1.83. The van der Waals surface area contributed by atoms with Gasteiger partial charge in [-0.25, -0.2) is 0 Å². The van der Waals surface area contributed by atoms with Crippen molar-refractivity contribution in [3.63, 3.8) is 0 Å². The maximum atomic E-state index is 12.8. The maximum Gasteiger partial charge on any atom is 0.246 e.